The van der Waals surface area contributed by atoms with E-state index in [4.69, 9.17) is 5.73 Å². The van der Waals surface area contributed by atoms with Crippen LogP contribution in [-0.4, -0.2) is 47.9 Å². The monoisotopic (exact) mass is 261 g/mol. The van der Waals surface area contributed by atoms with E-state index < -0.39 is 0 Å². The predicted octanol–water partition coefficient (Wildman–Crippen LogP) is 1.36. The molecule has 1 fully saturated rings. The van der Waals surface area contributed by atoms with Crippen molar-refractivity contribution in [1.82, 2.24) is 9.80 Å². The van der Waals surface area contributed by atoms with Crippen LogP contribution in [0.2, 0.25) is 0 Å². The average Bonchev–Trinajstić information content (AvgIpc) is 2.41. The van der Waals surface area contributed by atoms with Crippen molar-refractivity contribution in [2.24, 2.45) is 0 Å². The number of carbonyl (C=O) groups is 1. The van der Waals surface area contributed by atoms with Gasteiger partial charge < -0.3 is 10.6 Å². The molecule has 0 bridgehead atoms. The molecule has 1 heterocycles. The number of piperazine rings is 1. The molecule has 1 aromatic rings. The Morgan fingerprint density at radius 1 is 1.16 bits per heavy atom. The molecule has 4 nitrogen and oxygen atoms in total. The molecule has 1 saturated heterocycles. The van der Waals surface area contributed by atoms with Gasteiger partial charge in [0.2, 0.25) is 5.91 Å². The smallest absolute Gasteiger partial charge is 0.227 e. The van der Waals surface area contributed by atoms with Crippen molar-refractivity contribution in [3.05, 3.63) is 29.8 Å². The van der Waals surface area contributed by atoms with Crippen LogP contribution >= 0.6 is 0 Å². The summed E-state index contributed by atoms with van der Waals surface area (Å²) in [5, 5.41) is 0. The van der Waals surface area contributed by atoms with Crippen molar-refractivity contribution in [3.63, 3.8) is 0 Å². The molecule has 1 aromatic carbocycles. The molecule has 0 aromatic heterocycles. The summed E-state index contributed by atoms with van der Waals surface area (Å²) in [6.07, 6.45) is 0.474. The van der Waals surface area contributed by atoms with Gasteiger partial charge in [0.1, 0.15) is 0 Å². The van der Waals surface area contributed by atoms with Gasteiger partial charge in [0, 0.05) is 37.9 Å². The summed E-state index contributed by atoms with van der Waals surface area (Å²) in [6, 6.07) is 8.11. The van der Waals surface area contributed by atoms with Crippen LogP contribution in [0.3, 0.4) is 0 Å². The molecule has 1 aliphatic rings. The van der Waals surface area contributed by atoms with E-state index in [1.54, 1.807) is 0 Å². The summed E-state index contributed by atoms with van der Waals surface area (Å²) in [6.45, 7) is 8.03. The predicted molar refractivity (Wildman–Crippen MR) is 77.8 cm³/mol. The third-order valence-electron chi connectivity index (χ3n) is 3.73. The molecule has 0 aliphatic carbocycles. The maximum absolute atomic E-state index is 12.2. The maximum Gasteiger partial charge on any atom is 0.227 e. The first-order valence-electron chi connectivity index (χ1n) is 6.92. The van der Waals surface area contributed by atoms with Gasteiger partial charge in [-0.25, -0.2) is 0 Å². The Hall–Kier alpha value is -1.55. The van der Waals surface area contributed by atoms with Crippen molar-refractivity contribution < 1.29 is 4.79 Å². The first-order chi connectivity index (χ1) is 9.06. The molecule has 19 heavy (non-hydrogen) atoms. The summed E-state index contributed by atoms with van der Waals surface area (Å²) < 4.78 is 0. The van der Waals surface area contributed by atoms with Crippen LogP contribution in [-0.2, 0) is 11.2 Å². The summed E-state index contributed by atoms with van der Waals surface area (Å²) in [4.78, 5) is 16.6. The zero-order valence-corrected chi connectivity index (χ0v) is 11.8. The van der Waals surface area contributed by atoms with Gasteiger partial charge in [-0.05, 0) is 31.5 Å². The zero-order chi connectivity index (χ0) is 13.8. The van der Waals surface area contributed by atoms with E-state index in [0.717, 1.165) is 37.4 Å². The number of carbonyl (C=O) groups excluding carboxylic acids is 1. The van der Waals surface area contributed by atoms with Gasteiger partial charge in [0.25, 0.3) is 0 Å². The Bertz CT molecular complexity index is 420. The van der Waals surface area contributed by atoms with Gasteiger partial charge in [-0.2, -0.15) is 0 Å². The van der Waals surface area contributed by atoms with Gasteiger partial charge >= 0.3 is 0 Å². The number of nitrogen functional groups attached to an aromatic ring is 1. The van der Waals surface area contributed by atoms with Gasteiger partial charge in [-0.15, -0.1) is 0 Å². The summed E-state index contributed by atoms with van der Waals surface area (Å²) in [5.41, 5.74) is 7.41. The Labute approximate surface area is 115 Å². The number of hydrogen-bond acceptors (Lipinski definition) is 3. The molecule has 2 N–H and O–H groups in total. The summed E-state index contributed by atoms with van der Waals surface area (Å²) in [5.74, 6) is 0.216. The molecule has 0 spiro atoms. The minimum absolute atomic E-state index is 0.216. The fraction of sp³-hybridized carbons (Fsp3) is 0.533. The van der Waals surface area contributed by atoms with Gasteiger partial charge in [0.05, 0.1) is 6.42 Å². The Morgan fingerprint density at radius 3 is 2.26 bits per heavy atom. The third-order valence-corrected chi connectivity index (χ3v) is 3.73. The molecular formula is C15H23N3O. The second kappa shape index (κ2) is 6.06. The Kier molecular flexibility index (Phi) is 4.43. The van der Waals surface area contributed by atoms with Gasteiger partial charge in [-0.3, -0.25) is 9.69 Å². The fourth-order valence-corrected chi connectivity index (χ4v) is 2.41. The summed E-state index contributed by atoms with van der Waals surface area (Å²) >= 11 is 0. The molecule has 0 atom stereocenters. The molecule has 1 amide bonds. The maximum atomic E-state index is 12.2. The quantitative estimate of drug-likeness (QED) is 0.836. The number of amides is 1. The SMILES string of the molecule is CC(C)N1CCN(C(=O)Cc2ccc(N)cc2)CC1. The second-order valence-corrected chi connectivity index (χ2v) is 5.43. The lowest BCUT2D eigenvalue weighted by Crippen LogP contribution is -2.51. The normalized spacial score (nSPS) is 16.9. The highest BCUT2D eigenvalue weighted by Crippen LogP contribution is 2.10. The van der Waals surface area contributed by atoms with Crippen LogP contribution in [0.5, 0.6) is 0 Å². The molecule has 104 valence electrons. The van der Waals surface area contributed by atoms with E-state index >= 15 is 0 Å². The van der Waals surface area contributed by atoms with E-state index in [1.807, 2.05) is 29.2 Å². The third kappa shape index (κ3) is 3.70. The van der Waals surface area contributed by atoms with Gasteiger partial charge in [-0.1, -0.05) is 12.1 Å². The van der Waals surface area contributed by atoms with E-state index in [1.165, 1.54) is 0 Å². The van der Waals surface area contributed by atoms with E-state index in [2.05, 4.69) is 18.7 Å². The van der Waals surface area contributed by atoms with Crippen molar-refractivity contribution in [2.75, 3.05) is 31.9 Å². The lowest BCUT2D eigenvalue weighted by Gasteiger charge is -2.37. The van der Waals surface area contributed by atoms with E-state index in [0.29, 0.717) is 12.5 Å². The van der Waals surface area contributed by atoms with Crippen LogP contribution < -0.4 is 5.73 Å². The fourth-order valence-electron chi connectivity index (χ4n) is 2.41. The van der Waals surface area contributed by atoms with Crippen molar-refractivity contribution in [2.45, 2.75) is 26.3 Å². The highest BCUT2D eigenvalue weighted by molar-refractivity contribution is 5.79. The minimum Gasteiger partial charge on any atom is -0.399 e. The van der Waals surface area contributed by atoms with Crippen LogP contribution in [0.15, 0.2) is 24.3 Å². The standard InChI is InChI=1S/C15H23N3O/c1-12(2)17-7-9-18(10-8-17)15(19)11-13-3-5-14(16)6-4-13/h3-6,12H,7-11,16H2,1-2H3. The minimum atomic E-state index is 0.216. The van der Waals surface area contributed by atoms with Crippen LogP contribution in [0.1, 0.15) is 19.4 Å². The van der Waals surface area contributed by atoms with Crippen LogP contribution in [0, 0.1) is 0 Å². The average molecular weight is 261 g/mol. The van der Waals surface area contributed by atoms with Gasteiger partial charge in [0.15, 0.2) is 0 Å². The molecule has 2 rings (SSSR count). The number of hydrogen-bond donors (Lipinski definition) is 1. The molecule has 0 radical (unpaired) electrons. The van der Waals surface area contributed by atoms with E-state index in [-0.39, 0.29) is 5.91 Å². The van der Waals surface area contributed by atoms with E-state index in [9.17, 15) is 4.79 Å². The largest absolute Gasteiger partial charge is 0.399 e. The van der Waals surface area contributed by atoms with Crippen LogP contribution in [0.25, 0.3) is 0 Å². The number of rotatable bonds is 3. The first kappa shape index (κ1) is 13.9. The number of nitrogens with zero attached hydrogens (tertiary/aromatic N) is 2. The van der Waals surface area contributed by atoms with Crippen molar-refractivity contribution >= 4 is 11.6 Å². The highest BCUT2D eigenvalue weighted by Gasteiger charge is 2.22. The lowest BCUT2D eigenvalue weighted by molar-refractivity contribution is -0.132. The van der Waals surface area contributed by atoms with Crippen molar-refractivity contribution in [1.29, 1.82) is 0 Å². The zero-order valence-electron chi connectivity index (χ0n) is 11.8. The summed E-state index contributed by atoms with van der Waals surface area (Å²) in [7, 11) is 0. The highest BCUT2D eigenvalue weighted by atomic mass is 16.2. The lowest BCUT2D eigenvalue weighted by atomic mass is 10.1. The van der Waals surface area contributed by atoms with Crippen LogP contribution in [0.4, 0.5) is 5.69 Å². The Morgan fingerprint density at radius 2 is 1.74 bits per heavy atom. The first-order valence-corrected chi connectivity index (χ1v) is 6.92. The molecule has 1 aliphatic heterocycles. The topological polar surface area (TPSA) is 49.6 Å². The molecule has 4 heteroatoms. The van der Waals surface area contributed by atoms with Crippen molar-refractivity contribution in [3.8, 4) is 0 Å². The second-order valence-electron chi connectivity index (χ2n) is 5.43. The Balaban J connectivity index is 1.86. The molecule has 0 unspecified atom stereocenters. The molecular weight excluding hydrogens is 238 g/mol. The molecule has 0 saturated carbocycles. The number of nitrogens with two attached hydrogens (primary N) is 1. The number of anilines is 1. The number of benzene rings is 1.